The molecule has 1 nitrogen and oxygen atoms in total. The smallest absolute Gasteiger partial charge is 0.0208 e. The van der Waals surface area contributed by atoms with Gasteiger partial charge in [-0.05, 0) is 47.6 Å². The van der Waals surface area contributed by atoms with Gasteiger partial charge in [-0.25, -0.2) is 0 Å². The molecule has 4 atom stereocenters. The van der Waals surface area contributed by atoms with Crippen LogP contribution in [0.4, 0.5) is 0 Å². The first kappa shape index (κ1) is 13.2. The normalized spacial score (nSPS) is 34.8. The molecule has 1 aromatic rings. The van der Waals surface area contributed by atoms with Crippen LogP contribution in [0.25, 0.3) is 0 Å². The number of hydrogen-bond acceptors (Lipinski definition) is 1. The summed E-state index contributed by atoms with van der Waals surface area (Å²) >= 11 is 0. The number of nitrogens with one attached hydrogen (secondary N) is 1. The van der Waals surface area contributed by atoms with Gasteiger partial charge in [-0.15, -0.1) is 0 Å². The van der Waals surface area contributed by atoms with E-state index in [-0.39, 0.29) is 0 Å². The maximum absolute atomic E-state index is 3.60. The second-order valence-electron chi connectivity index (χ2n) is 6.90. The number of hydrogen-bond donors (Lipinski definition) is 1. The van der Waals surface area contributed by atoms with E-state index in [1.165, 1.54) is 37.8 Å². The Bertz CT molecular complexity index is 425. The van der Waals surface area contributed by atoms with E-state index in [9.17, 15) is 0 Å². The van der Waals surface area contributed by atoms with Crippen LogP contribution in [0.5, 0.6) is 0 Å². The van der Waals surface area contributed by atoms with Crippen molar-refractivity contribution in [3.05, 3.63) is 35.4 Å². The Hall–Kier alpha value is -0.820. The van der Waals surface area contributed by atoms with Gasteiger partial charge in [0, 0.05) is 13.1 Å². The van der Waals surface area contributed by atoms with Crippen molar-refractivity contribution in [2.75, 3.05) is 6.54 Å². The highest BCUT2D eigenvalue weighted by atomic mass is 14.9. The molecule has 104 valence electrons. The summed E-state index contributed by atoms with van der Waals surface area (Å²) in [5.41, 5.74) is 3.14. The van der Waals surface area contributed by atoms with Crippen molar-refractivity contribution in [3.63, 3.8) is 0 Å². The Morgan fingerprint density at radius 1 is 1.11 bits per heavy atom. The summed E-state index contributed by atoms with van der Waals surface area (Å²) in [6, 6.07) is 9.03. The molecule has 1 N–H and O–H groups in total. The van der Waals surface area contributed by atoms with Gasteiger partial charge in [0.05, 0.1) is 0 Å². The molecular weight excluding hydrogens is 230 g/mol. The number of fused-ring (bicyclic) bond motifs is 1. The molecule has 0 spiro atoms. The Kier molecular flexibility index (Phi) is 3.93. The fraction of sp³-hybridized carbons (Fsp3) is 0.667. The molecule has 0 aromatic heterocycles. The first-order valence-corrected chi connectivity index (χ1v) is 8.02. The zero-order valence-electron chi connectivity index (χ0n) is 12.4. The summed E-state index contributed by atoms with van der Waals surface area (Å²) in [6.45, 7) is 7.12. The van der Waals surface area contributed by atoms with Gasteiger partial charge >= 0.3 is 0 Å². The SMILES string of the molecule is CC1CCC(CC2CNCc3ccccc32)CC1C. The summed E-state index contributed by atoms with van der Waals surface area (Å²) in [5.74, 6) is 3.55. The average molecular weight is 257 g/mol. The minimum atomic E-state index is 0.746. The van der Waals surface area contributed by atoms with Gasteiger partial charge in [0.15, 0.2) is 0 Å². The van der Waals surface area contributed by atoms with Gasteiger partial charge in [0.25, 0.3) is 0 Å². The van der Waals surface area contributed by atoms with Crippen molar-refractivity contribution < 1.29 is 0 Å². The van der Waals surface area contributed by atoms with E-state index in [0.29, 0.717) is 0 Å². The third kappa shape index (κ3) is 2.86. The summed E-state index contributed by atoms with van der Waals surface area (Å²) in [5, 5.41) is 3.60. The second kappa shape index (κ2) is 5.66. The molecule has 1 heterocycles. The molecule has 1 heteroatoms. The fourth-order valence-corrected chi connectivity index (χ4v) is 4.07. The molecule has 1 fully saturated rings. The topological polar surface area (TPSA) is 12.0 Å². The van der Waals surface area contributed by atoms with Crippen LogP contribution >= 0.6 is 0 Å². The first-order valence-electron chi connectivity index (χ1n) is 8.02. The van der Waals surface area contributed by atoms with Crippen LogP contribution in [-0.2, 0) is 6.54 Å². The number of rotatable bonds is 2. The summed E-state index contributed by atoms with van der Waals surface area (Å²) in [7, 11) is 0. The van der Waals surface area contributed by atoms with Crippen LogP contribution in [0.2, 0.25) is 0 Å². The van der Waals surface area contributed by atoms with Crippen LogP contribution in [0.3, 0.4) is 0 Å². The number of benzene rings is 1. The van der Waals surface area contributed by atoms with E-state index in [1.807, 2.05) is 0 Å². The molecule has 0 saturated heterocycles. The Labute approximate surface area is 117 Å². The monoisotopic (exact) mass is 257 g/mol. The average Bonchev–Trinajstić information content (AvgIpc) is 2.43. The van der Waals surface area contributed by atoms with E-state index < -0.39 is 0 Å². The van der Waals surface area contributed by atoms with Crippen LogP contribution in [0.15, 0.2) is 24.3 Å². The van der Waals surface area contributed by atoms with Crippen molar-refractivity contribution in [1.29, 1.82) is 0 Å². The standard InChI is InChI=1S/C18H27N/c1-13-7-8-15(9-14(13)2)10-17-12-19-11-16-5-3-4-6-18(16)17/h3-6,13-15,17,19H,7-12H2,1-2H3. The minimum absolute atomic E-state index is 0.746. The molecule has 1 aliphatic heterocycles. The second-order valence-corrected chi connectivity index (χ2v) is 6.90. The summed E-state index contributed by atoms with van der Waals surface area (Å²) < 4.78 is 0. The molecule has 0 radical (unpaired) electrons. The largest absolute Gasteiger partial charge is 0.312 e. The van der Waals surface area contributed by atoms with Gasteiger partial charge in [-0.1, -0.05) is 51.0 Å². The quantitative estimate of drug-likeness (QED) is 0.831. The van der Waals surface area contributed by atoms with E-state index >= 15 is 0 Å². The van der Waals surface area contributed by atoms with Gasteiger partial charge in [0.2, 0.25) is 0 Å². The summed E-state index contributed by atoms with van der Waals surface area (Å²) in [6.07, 6.45) is 5.72. The maximum atomic E-state index is 3.60. The predicted octanol–water partition coefficient (Wildman–Crippen LogP) is 4.34. The lowest BCUT2D eigenvalue weighted by molar-refractivity contribution is 0.191. The Morgan fingerprint density at radius 2 is 1.95 bits per heavy atom. The molecule has 4 unspecified atom stereocenters. The van der Waals surface area contributed by atoms with Gasteiger partial charge in [0.1, 0.15) is 0 Å². The predicted molar refractivity (Wildman–Crippen MR) is 81.2 cm³/mol. The highest BCUT2D eigenvalue weighted by Crippen LogP contribution is 2.39. The van der Waals surface area contributed by atoms with Crippen molar-refractivity contribution in [3.8, 4) is 0 Å². The lowest BCUT2D eigenvalue weighted by atomic mass is 9.72. The third-order valence-corrected chi connectivity index (χ3v) is 5.53. The Morgan fingerprint density at radius 3 is 2.79 bits per heavy atom. The minimum Gasteiger partial charge on any atom is -0.312 e. The highest BCUT2D eigenvalue weighted by Gasteiger charge is 2.28. The zero-order valence-corrected chi connectivity index (χ0v) is 12.4. The van der Waals surface area contributed by atoms with Crippen LogP contribution in [-0.4, -0.2) is 6.54 Å². The molecule has 1 aromatic carbocycles. The van der Waals surface area contributed by atoms with Crippen molar-refractivity contribution in [2.45, 2.75) is 52.0 Å². The molecule has 2 aliphatic rings. The van der Waals surface area contributed by atoms with Crippen LogP contribution < -0.4 is 5.32 Å². The van der Waals surface area contributed by atoms with E-state index in [2.05, 4.69) is 43.4 Å². The Balaban J connectivity index is 1.68. The van der Waals surface area contributed by atoms with Crippen molar-refractivity contribution in [2.24, 2.45) is 17.8 Å². The van der Waals surface area contributed by atoms with Gasteiger partial charge < -0.3 is 5.32 Å². The highest BCUT2D eigenvalue weighted by molar-refractivity contribution is 5.32. The maximum Gasteiger partial charge on any atom is 0.0208 e. The fourth-order valence-electron chi connectivity index (χ4n) is 4.07. The lowest BCUT2D eigenvalue weighted by Crippen LogP contribution is -2.31. The van der Waals surface area contributed by atoms with Crippen molar-refractivity contribution in [1.82, 2.24) is 5.32 Å². The van der Waals surface area contributed by atoms with E-state index in [4.69, 9.17) is 0 Å². The van der Waals surface area contributed by atoms with Crippen LogP contribution in [0, 0.1) is 17.8 Å². The molecule has 1 aliphatic carbocycles. The molecule has 19 heavy (non-hydrogen) atoms. The first-order chi connectivity index (χ1) is 9.24. The molecule has 0 amide bonds. The molecule has 0 bridgehead atoms. The third-order valence-electron chi connectivity index (χ3n) is 5.53. The van der Waals surface area contributed by atoms with E-state index in [1.54, 1.807) is 5.56 Å². The zero-order chi connectivity index (χ0) is 13.2. The van der Waals surface area contributed by atoms with E-state index in [0.717, 1.165) is 30.2 Å². The van der Waals surface area contributed by atoms with Gasteiger partial charge in [-0.3, -0.25) is 0 Å². The molecular formula is C18H27N. The van der Waals surface area contributed by atoms with Crippen LogP contribution in [0.1, 0.15) is 56.6 Å². The van der Waals surface area contributed by atoms with Gasteiger partial charge in [-0.2, -0.15) is 0 Å². The lowest BCUT2D eigenvalue weighted by Gasteiger charge is -2.35. The molecule has 1 saturated carbocycles. The molecule has 3 rings (SSSR count). The summed E-state index contributed by atoms with van der Waals surface area (Å²) in [4.78, 5) is 0. The van der Waals surface area contributed by atoms with Crippen molar-refractivity contribution >= 4 is 0 Å².